The van der Waals surface area contributed by atoms with E-state index in [-0.39, 0.29) is 0 Å². The Hall–Kier alpha value is -2.89. The lowest BCUT2D eigenvalue weighted by molar-refractivity contribution is -0.174. The van der Waals surface area contributed by atoms with Crippen molar-refractivity contribution >= 4 is 8.53 Å². The van der Waals surface area contributed by atoms with Gasteiger partial charge in [0.25, 0.3) is 8.53 Å². The number of hydrogen-bond donors (Lipinski definition) is 1. The van der Waals surface area contributed by atoms with Crippen molar-refractivity contribution in [2.75, 3.05) is 7.05 Å². The molecule has 5 nitrogen and oxygen atoms in total. The summed E-state index contributed by atoms with van der Waals surface area (Å²) in [6.07, 6.45) is -1.18. The third kappa shape index (κ3) is 5.76. The average Bonchev–Trinajstić information content (AvgIpc) is 3.21. The highest BCUT2D eigenvalue weighted by Crippen LogP contribution is 2.63. The lowest BCUT2D eigenvalue weighted by Gasteiger charge is -2.42. The molecule has 0 unspecified atom stereocenters. The van der Waals surface area contributed by atoms with Crippen molar-refractivity contribution in [3.63, 3.8) is 0 Å². The molecule has 2 saturated heterocycles. The molecule has 6 rings (SSSR count). The standard InChI is InChI=1S/C40H48NO4P/c1-24-12-25(2)17-32(16-24)39(33-18-26(3)13-27(4)19-33)36-37(43-38(9,10)42-36)40(45-46(41-11)44-39,34-20-28(5)14-29(6)21-34)35-22-30(7)15-31(8)23-35/h12-23,36-37,41H,1-11H3/t36-,37-/m1/s1. The van der Waals surface area contributed by atoms with Crippen molar-refractivity contribution in [2.24, 2.45) is 0 Å². The number of aryl methyl sites for hydroxylation is 8. The van der Waals surface area contributed by atoms with Crippen LogP contribution in [0.25, 0.3) is 0 Å². The van der Waals surface area contributed by atoms with E-state index in [1.54, 1.807) is 0 Å². The largest absolute Gasteiger partial charge is 0.341 e. The summed E-state index contributed by atoms with van der Waals surface area (Å²) in [6.45, 7) is 21.1. The second-order valence-corrected chi connectivity index (χ2v) is 15.4. The molecule has 2 fully saturated rings. The van der Waals surface area contributed by atoms with Gasteiger partial charge in [-0.1, -0.05) is 117 Å². The van der Waals surface area contributed by atoms with Crippen molar-refractivity contribution < 1.29 is 18.5 Å². The normalized spacial score (nSPS) is 22.0. The van der Waals surface area contributed by atoms with E-state index in [4.69, 9.17) is 18.5 Å². The second kappa shape index (κ2) is 12.0. The highest BCUT2D eigenvalue weighted by atomic mass is 31.2. The Kier molecular flexibility index (Phi) is 8.59. The van der Waals surface area contributed by atoms with Crippen LogP contribution in [-0.2, 0) is 29.7 Å². The topological polar surface area (TPSA) is 49.0 Å². The van der Waals surface area contributed by atoms with E-state index in [9.17, 15) is 0 Å². The Bertz CT molecular complexity index is 1490. The lowest BCUT2D eigenvalue weighted by Crippen LogP contribution is -2.53. The third-order valence-corrected chi connectivity index (χ3v) is 10.4. The second-order valence-electron chi connectivity index (χ2n) is 14.1. The lowest BCUT2D eigenvalue weighted by atomic mass is 9.70. The molecule has 0 amide bonds. The van der Waals surface area contributed by atoms with Crippen molar-refractivity contribution in [1.82, 2.24) is 5.09 Å². The number of fused-ring (bicyclic) bond motifs is 1. The number of rotatable bonds is 5. The molecule has 2 atom stereocenters. The molecule has 4 aromatic rings. The molecule has 0 aliphatic carbocycles. The fourth-order valence-corrected chi connectivity index (χ4v) is 9.16. The van der Waals surface area contributed by atoms with Crippen LogP contribution in [0.15, 0.2) is 72.8 Å². The van der Waals surface area contributed by atoms with E-state index < -0.39 is 37.7 Å². The molecule has 2 heterocycles. The summed E-state index contributed by atoms with van der Waals surface area (Å²) in [4.78, 5) is 0. The molecule has 0 spiro atoms. The van der Waals surface area contributed by atoms with Gasteiger partial charge in [0, 0.05) is 0 Å². The molecular formula is C40H48NO4P. The summed E-state index contributed by atoms with van der Waals surface area (Å²) < 4.78 is 29.4. The molecule has 2 aliphatic heterocycles. The first kappa shape index (κ1) is 33.0. The maximum Gasteiger partial charge on any atom is 0.258 e. The highest BCUT2D eigenvalue weighted by Gasteiger charge is 2.67. The van der Waals surface area contributed by atoms with Crippen LogP contribution in [0, 0.1) is 55.4 Å². The van der Waals surface area contributed by atoms with Gasteiger partial charge >= 0.3 is 0 Å². The average molecular weight is 638 g/mol. The first-order chi connectivity index (χ1) is 21.6. The first-order valence-electron chi connectivity index (χ1n) is 16.2. The van der Waals surface area contributed by atoms with Gasteiger partial charge in [0.05, 0.1) is 0 Å². The molecule has 4 aromatic carbocycles. The van der Waals surface area contributed by atoms with E-state index >= 15 is 0 Å². The minimum absolute atomic E-state index is 0.590. The van der Waals surface area contributed by atoms with Gasteiger partial charge in [0.2, 0.25) is 0 Å². The molecule has 0 aromatic heterocycles. The summed E-state index contributed by atoms with van der Waals surface area (Å²) in [5.74, 6) is -0.923. The van der Waals surface area contributed by atoms with Crippen molar-refractivity contribution in [3.8, 4) is 0 Å². The fourth-order valence-electron chi connectivity index (χ4n) is 7.79. The van der Waals surface area contributed by atoms with Gasteiger partial charge in [0.1, 0.15) is 12.2 Å². The zero-order valence-corrected chi connectivity index (χ0v) is 30.1. The Morgan fingerprint density at radius 2 is 0.696 bits per heavy atom. The van der Waals surface area contributed by atoms with Gasteiger partial charge < -0.3 is 18.5 Å². The van der Waals surface area contributed by atoms with Gasteiger partial charge in [-0.15, -0.1) is 0 Å². The smallest absolute Gasteiger partial charge is 0.258 e. The zero-order valence-electron chi connectivity index (χ0n) is 29.2. The summed E-state index contributed by atoms with van der Waals surface area (Å²) in [7, 11) is 0.207. The summed E-state index contributed by atoms with van der Waals surface area (Å²) in [5.41, 5.74) is 11.2. The number of nitrogens with one attached hydrogen (secondary N) is 1. The van der Waals surface area contributed by atoms with Crippen LogP contribution in [0.3, 0.4) is 0 Å². The van der Waals surface area contributed by atoms with E-state index in [0.29, 0.717) is 0 Å². The maximum absolute atomic E-state index is 7.49. The summed E-state index contributed by atoms with van der Waals surface area (Å²) in [6, 6.07) is 26.7. The number of hydrogen-bond acceptors (Lipinski definition) is 5. The van der Waals surface area contributed by atoms with Crippen molar-refractivity contribution in [3.05, 3.63) is 140 Å². The minimum Gasteiger partial charge on any atom is -0.341 e. The highest BCUT2D eigenvalue weighted by molar-refractivity contribution is 7.45. The first-order valence-corrected chi connectivity index (χ1v) is 17.4. The quantitative estimate of drug-likeness (QED) is 0.221. The van der Waals surface area contributed by atoms with E-state index in [2.05, 4.69) is 133 Å². The van der Waals surface area contributed by atoms with Crippen LogP contribution in [0.2, 0.25) is 0 Å². The molecule has 6 heteroatoms. The zero-order chi connectivity index (χ0) is 33.2. The Morgan fingerprint density at radius 1 is 0.457 bits per heavy atom. The predicted octanol–water partition coefficient (Wildman–Crippen LogP) is 9.35. The monoisotopic (exact) mass is 637 g/mol. The van der Waals surface area contributed by atoms with Crippen LogP contribution < -0.4 is 5.09 Å². The van der Waals surface area contributed by atoms with E-state index in [1.165, 1.54) is 0 Å². The van der Waals surface area contributed by atoms with Crippen molar-refractivity contribution in [2.45, 2.75) is 98.4 Å². The molecule has 0 saturated carbocycles. The molecular weight excluding hydrogens is 589 g/mol. The van der Waals surface area contributed by atoms with Gasteiger partial charge in [0.15, 0.2) is 17.0 Å². The minimum atomic E-state index is -1.71. The van der Waals surface area contributed by atoms with Crippen molar-refractivity contribution in [1.29, 1.82) is 0 Å². The predicted molar refractivity (Wildman–Crippen MR) is 187 cm³/mol. The van der Waals surface area contributed by atoms with Crippen LogP contribution in [0.5, 0.6) is 0 Å². The molecule has 1 N–H and O–H groups in total. The van der Waals surface area contributed by atoms with Gasteiger partial charge in [-0.25, -0.2) is 0 Å². The summed E-state index contributed by atoms with van der Waals surface area (Å²) >= 11 is 0. The molecule has 0 radical (unpaired) electrons. The Labute approximate surface area is 276 Å². The maximum atomic E-state index is 7.49. The summed E-state index contributed by atoms with van der Waals surface area (Å²) in [5, 5.41) is 3.47. The molecule has 46 heavy (non-hydrogen) atoms. The van der Waals surface area contributed by atoms with Gasteiger partial charge in [-0.05, 0) is 98.5 Å². The van der Waals surface area contributed by atoms with Crippen LogP contribution in [0.1, 0.15) is 80.6 Å². The van der Waals surface area contributed by atoms with Crippen LogP contribution in [0.4, 0.5) is 0 Å². The molecule has 242 valence electrons. The third-order valence-electron chi connectivity index (χ3n) is 9.14. The molecule has 2 aliphatic rings. The number of ether oxygens (including phenoxy) is 2. The fraction of sp³-hybridized carbons (Fsp3) is 0.400. The number of benzene rings is 4. The van der Waals surface area contributed by atoms with Gasteiger partial charge in [-0.2, -0.15) is 0 Å². The van der Waals surface area contributed by atoms with Crippen LogP contribution in [-0.4, -0.2) is 25.0 Å². The van der Waals surface area contributed by atoms with Gasteiger partial charge in [-0.3, -0.25) is 5.09 Å². The van der Waals surface area contributed by atoms with Crippen LogP contribution >= 0.6 is 8.53 Å². The Balaban J connectivity index is 1.78. The molecule has 0 bridgehead atoms. The Morgan fingerprint density at radius 3 is 0.913 bits per heavy atom. The SMILES string of the molecule is CNP1OC(c2cc(C)cc(C)c2)(c2cc(C)cc(C)c2)[C@@H]2OC(C)(C)O[C@H]2C(c2cc(C)cc(C)c2)(c2cc(C)cc(C)c2)O1. The van der Waals surface area contributed by atoms with E-state index in [1.807, 2.05) is 20.9 Å². The van der Waals surface area contributed by atoms with E-state index in [0.717, 1.165) is 66.8 Å².